The molecule has 0 spiro atoms. The summed E-state index contributed by atoms with van der Waals surface area (Å²) in [6, 6.07) is 2.86. The number of hydrogen-bond acceptors (Lipinski definition) is 9. The molecule has 2 aromatic heterocycles. The van der Waals surface area contributed by atoms with Crippen LogP contribution in [-0.2, 0) is 30.5 Å². The highest BCUT2D eigenvalue weighted by molar-refractivity contribution is 6.36. The normalized spacial score (nSPS) is 23.1. The van der Waals surface area contributed by atoms with Crippen molar-refractivity contribution in [1.29, 1.82) is 0 Å². The summed E-state index contributed by atoms with van der Waals surface area (Å²) in [5, 5.41) is 10.3. The van der Waals surface area contributed by atoms with E-state index in [0.717, 1.165) is 25.2 Å². The fourth-order valence-electron chi connectivity index (χ4n) is 7.16. The zero-order valence-electron chi connectivity index (χ0n) is 25.0. The highest BCUT2D eigenvalue weighted by Gasteiger charge is 2.54. The Labute approximate surface area is 258 Å². The number of pyridine rings is 2. The molecule has 4 aliphatic rings. The maximum absolute atomic E-state index is 13.4. The number of ether oxygens (including phenoxy) is 1. The van der Waals surface area contributed by atoms with Crippen molar-refractivity contribution in [2.75, 3.05) is 19.5 Å². The molecule has 0 aliphatic heterocycles. The zero-order valence-corrected chi connectivity index (χ0v) is 25.0. The van der Waals surface area contributed by atoms with Gasteiger partial charge in [0.05, 0.1) is 18.2 Å². The first-order valence-electron chi connectivity index (χ1n) is 15.0. The van der Waals surface area contributed by atoms with E-state index in [9.17, 15) is 33.6 Å². The van der Waals surface area contributed by atoms with Crippen LogP contribution in [0.15, 0.2) is 41.6 Å². The molecule has 45 heavy (non-hydrogen) atoms. The minimum Gasteiger partial charge on any atom is -0.465 e. The number of hydrogen-bond donors (Lipinski definition) is 4. The molecule has 0 saturated heterocycles. The lowest BCUT2D eigenvalue weighted by molar-refractivity contribution is -0.137. The van der Waals surface area contributed by atoms with Crippen LogP contribution in [0.5, 0.6) is 0 Å². The van der Waals surface area contributed by atoms with Crippen LogP contribution in [0.3, 0.4) is 0 Å². The van der Waals surface area contributed by atoms with Crippen LogP contribution >= 0.6 is 0 Å². The largest absolute Gasteiger partial charge is 0.465 e. The molecule has 4 aliphatic carbocycles. The number of carbonyl (C=O) groups excluding carboxylic acids is 6. The van der Waals surface area contributed by atoms with E-state index in [-0.39, 0.29) is 48.1 Å². The van der Waals surface area contributed by atoms with Crippen molar-refractivity contribution in [3.8, 4) is 0 Å². The van der Waals surface area contributed by atoms with Gasteiger partial charge >= 0.3 is 5.97 Å². The van der Waals surface area contributed by atoms with Crippen LogP contribution in [-0.4, -0.2) is 71.2 Å². The number of nitrogens with one attached hydrogen (secondary N) is 4. The lowest BCUT2D eigenvalue weighted by atomic mass is 9.79. The van der Waals surface area contributed by atoms with Gasteiger partial charge in [0.25, 0.3) is 17.4 Å². The Kier molecular flexibility index (Phi) is 9.40. The summed E-state index contributed by atoms with van der Waals surface area (Å²) in [4.78, 5) is 92.2. The van der Waals surface area contributed by atoms with E-state index >= 15 is 0 Å². The monoisotopic (exact) mass is 620 g/mol. The summed E-state index contributed by atoms with van der Waals surface area (Å²) in [5.74, 6) is -1.86. The van der Waals surface area contributed by atoms with Crippen LogP contribution < -0.4 is 26.8 Å². The summed E-state index contributed by atoms with van der Waals surface area (Å²) < 4.78 is 5.85. The SMILES string of the molecule is CNC(=O)C(=O)CC[C@H](NC(=O)c1cncc(C(=O)OC)c1)C(=O)Nc1cccn(CC(=O)NC2C3CC4CC(C3)C2C4)c1=O. The second-order valence-corrected chi connectivity index (χ2v) is 12.0. The van der Waals surface area contributed by atoms with Gasteiger partial charge in [0.1, 0.15) is 18.3 Å². The molecule has 6 atom stereocenters. The van der Waals surface area contributed by atoms with Gasteiger partial charge < -0.3 is 30.6 Å². The van der Waals surface area contributed by atoms with Crippen LogP contribution in [0, 0.1) is 23.7 Å². The van der Waals surface area contributed by atoms with Crippen LogP contribution in [0.1, 0.15) is 59.2 Å². The van der Waals surface area contributed by atoms with Crippen molar-refractivity contribution in [2.45, 2.75) is 57.2 Å². The van der Waals surface area contributed by atoms with Gasteiger partial charge in [-0.2, -0.15) is 0 Å². The number of anilines is 1. The maximum Gasteiger partial charge on any atom is 0.339 e. The number of Topliss-reactive ketones (excluding diaryl/α,β-unsaturated/α-hetero) is 1. The van der Waals surface area contributed by atoms with Crippen LogP contribution in [0.25, 0.3) is 0 Å². The molecule has 6 rings (SSSR count). The summed E-state index contributed by atoms with van der Waals surface area (Å²) in [6.45, 7) is -0.225. The number of aromatic nitrogens is 2. The minimum absolute atomic E-state index is 0.00249. The summed E-state index contributed by atoms with van der Waals surface area (Å²) in [7, 11) is 2.46. The molecule has 14 nitrogen and oxygen atoms in total. The van der Waals surface area contributed by atoms with Gasteiger partial charge in [-0.1, -0.05) is 0 Å². The Morgan fingerprint density at radius 1 is 1.04 bits per heavy atom. The van der Waals surface area contributed by atoms with Gasteiger partial charge in [0.15, 0.2) is 0 Å². The molecule has 4 amide bonds. The number of methoxy groups -OCH3 is 1. The van der Waals surface area contributed by atoms with Crippen LogP contribution in [0.2, 0.25) is 0 Å². The zero-order chi connectivity index (χ0) is 32.2. The first-order valence-corrected chi connectivity index (χ1v) is 15.0. The highest BCUT2D eigenvalue weighted by atomic mass is 16.5. The third-order valence-corrected chi connectivity index (χ3v) is 9.16. The van der Waals surface area contributed by atoms with Crippen molar-refractivity contribution < 1.29 is 33.5 Å². The Balaban J connectivity index is 1.27. The summed E-state index contributed by atoms with van der Waals surface area (Å²) in [6.07, 6.45) is 7.84. The predicted molar refractivity (Wildman–Crippen MR) is 159 cm³/mol. The molecule has 4 N–H and O–H groups in total. The second kappa shape index (κ2) is 13.4. The molecular formula is C31H36N6O8. The molecule has 14 heteroatoms. The average molecular weight is 621 g/mol. The van der Waals surface area contributed by atoms with E-state index in [0.29, 0.717) is 17.8 Å². The van der Waals surface area contributed by atoms with Crippen molar-refractivity contribution in [3.63, 3.8) is 0 Å². The fraction of sp³-hybridized carbons (Fsp3) is 0.484. The third-order valence-electron chi connectivity index (χ3n) is 9.16. The van der Waals surface area contributed by atoms with Crippen molar-refractivity contribution in [1.82, 2.24) is 25.5 Å². The molecule has 5 unspecified atom stereocenters. The van der Waals surface area contributed by atoms with E-state index in [1.165, 1.54) is 61.9 Å². The number of carbonyl (C=O) groups is 6. The Bertz CT molecular complexity index is 1580. The van der Waals surface area contributed by atoms with Gasteiger partial charge in [0, 0.05) is 38.1 Å². The van der Waals surface area contributed by atoms with E-state index < -0.39 is 41.1 Å². The molecule has 0 radical (unpaired) electrons. The summed E-state index contributed by atoms with van der Waals surface area (Å²) >= 11 is 0. The second-order valence-electron chi connectivity index (χ2n) is 12.0. The molecule has 4 bridgehead atoms. The first kappa shape index (κ1) is 31.5. The molecule has 2 aromatic rings. The Morgan fingerprint density at radius 2 is 1.80 bits per heavy atom. The number of amides is 4. The van der Waals surface area contributed by atoms with Crippen LogP contribution in [0.4, 0.5) is 5.69 Å². The van der Waals surface area contributed by atoms with Crippen molar-refractivity contribution >= 4 is 41.1 Å². The van der Waals surface area contributed by atoms with Crippen molar-refractivity contribution in [2.24, 2.45) is 23.7 Å². The number of likely N-dealkylation sites (N-methyl/N-ethyl adjacent to an activating group) is 1. The van der Waals surface area contributed by atoms with E-state index in [1.54, 1.807) is 0 Å². The quantitative estimate of drug-likeness (QED) is 0.192. The fourth-order valence-corrected chi connectivity index (χ4v) is 7.16. The van der Waals surface area contributed by atoms with Gasteiger partial charge in [-0.3, -0.25) is 33.8 Å². The molecule has 2 heterocycles. The highest BCUT2D eigenvalue weighted by Crippen LogP contribution is 2.58. The van der Waals surface area contributed by atoms with E-state index in [4.69, 9.17) is 0 Å². The number of rotatable bonds is 12. The average Bonchev–Trinajstić information content (AvgIpc) is 3.46. The predicted octanol–water partition coefficient (Wildman–Crippen LogP) is 0.413. The smallest absolute Gasteiger partial charge is 0.339 e. The van der Waals surface area contributed by atoms with Gasteiger partial charge in [0.2, 0.25) is 17.6 Å². The molecule has 0 aromatic carbocycles. The Hall–Kier alpha value is -4.88. The lowest BCUT2D eigenvalue weighted by Crippen LogP contribution is -2.46. The minimum atomic E-state index is -1.36. The van der Waals surface area contributed by atoms with Crippen molar-refractivity contribution in [3.05, 3.63) is 58.3 Å². The number of ketones is 1. The standard InChI is InChI=1S/C31H36N6O8/c1-32-29(42)24(38)6-5-22(34-27(40)19-12-20(14-33-13-19)31(44)45-2)28(41)35-23-4-3-7-37(30(23)43)15-25(39)36-26-18-9-16-8-17(11-18)21(26)10-16/h3-4,7,12-14,16-18,21-22,26H,5-6,8-11,15H2,1-2H3,(H,32,42)(H,34,40)(H,35,41)(H,36,39)/t16?,17?,18?,21?,22-,26?/m0/s1. The van der Waals surface area contributed by atoms with Gasteiger partial charge in [-0.15, -0.1) is 0 Å². The first-order chi connectivity index (χ1) is 21.6. The Morgan fingerprint density at radius 3 is 2.53 bits per heavy atom. The lowest BCUT2D eigenvalue weighted by Gasteiger charge is -2.32. The number of esters is 1. The van der Waals surface area contributed by atoms with Gasteiger partial charge in [-0.25, -0.2) is 4.79 Å². The van der Waals surface area contributed by atoms with Gasteiger partial charge in [-0.05, 0) is 74.0 Å². The van der Waals surface area contributed by atoms with E-state index in [2.05, 4.69) is 31.0 Å². The molecule has 4 saturated carbocycles. The maximum atomic E-state index is 13.4. The number of nitrogens with zero attached hydrogens (tertiary/aromatic N) is 2. The molecular weight excluding hydrogens is 584 g/mol. The topological polar surface area (TPSA) is 195 Å². The van der Waals surface area contributed by atoms with E-state index in [1.807, 2.05) is 0 Å². The third kappa shape index (κ3) is 6.94. The molecule has 4 fully saturated rings. The summed E-state index contributed by atoms with van der Waals surface area (Å²) in [5.41, 5.74) is -0.829. The molecule has 238 valence electrons.